The molecule has 0 aliphatic rings. The van der Waals surface area contributed by atoms with E-state index in [1.165, 1.54) is 12.1 Å². The molecule has 1 aromatic heterocycles. The van der Waals surface area contributed by atoms with Gasteiger partial charge < -0.3 is 15.7 Å². The number of carboxylic acids is 1. The highest BCUT2D eigenvalue weighted by molar-refractivity contribution is 7.07. The van der Waals surface area contributed by atoms with E-state index in [4.69, 9.17) is 5.11 Å². The number of rotatable bonds is 5. The van der Waals surface area contributed by atoms with Crippen molar-refractivity contribution in [3.8, 4) is 0 Å². The Balaban J connectivity index is 1.95. The molecule has 2 aromatic rings. The molecule has 3 N–H and O–H groups in total. The fourth-order valence-electron chi connectivity index (χ4n) is 1.74. The van der Waals surface area contributed by atoms with Crippen LogP contribution in [0.4, 0.5) is 14.9 Å². The van der Waals surface area contributed by atoms with Crippen molar-refractivity contribution in [2.45, 2.75) is 6.42 Å². The first kappa shape index (κ1) is 15.0. The summed E-state index contributed by atoms with van der Waals surface area (Å²) in [6.45, 7) is 0.374. The van der Waals surface area contributed by atoms with E-state index in [0.717, 1.165) is 11.6 Å². The van der Waals surface area contributed by atoms with Gasteiger partial charge in [-0.25, -0.2) is 14.0 Å². The lowest BCUT2D eigenvalue weighted by Crippen LogP contribution is -2.31. The maximum Gasteiger partial charge on any atom is 0.337 e. The zero-order valence-corrected chi connectivity index (χ0v) is 11.7. The van der Waals surface area contributed by atoms with Crippen LogP contribution >= 0.6 is 11.3 Å². The molecular weight excluding hydrogens is 295 g/mol. The second kappa shape index (κ2) is 6.85. The molecular formula is C14H13FN2O3S. The minimum Gasteiger partial charge on any atom is -0.478 e. The average molecular weight is 308 g/mol. The lowest BCUT2D eigenvalue weighted by Gasteiger charge is -2.10. The number of carboxylic acid groups (broad SMARTS) is 1. The van der Waals surface area contributed by atoms with Gasteiger partial charge in [0.1, 0.15) is 5.82 Å². The summed E-state index contributed by atoms with van der Waals surface area (Å²) in [7, 11) is 0. The van der Waals surface area contributed by atoms with Gasteiger partial charge in [0.25, 0.3) is 0 Å². The van der Waals surface area contributed by atoms with Gasteiger partial charge in [-0.05, 0) is 40.9 Å². The topological polar surface area (TPSA) is 78.4 Å². The molecule has 0 radical (unpaired) electrons. The van der Waals surface area contributed by atoms with Gasteiger partial charge in [0.15, 0.2) is 0 Å². The van der Waals surface area contributed by atoms with Crippen LogP contribution in [0.5, 0.6) is 0 Å². The Morgan fingerprint density at radius 1 is 1.29 bits per heavy atom. The molecule has 0 spiro atoms. The number of amides is 2. The minimum absolute atomic E-state index is 0.289. The van der Waals surface area contributed by atoms with Gasteiger partial charge in [0, 0.05) is 6.54 Å². The van der Waals surface area contributed by atoms with Crippen molar-refractivity contribution >= 4 is 29.0 Å². The third-order valence-electron chi connectivity index (χ3n) is 2.76. The van der Waals surface area contributed by atoms with E-state index in [2.05, 4.69) is 10.6 Å². The van der Waals surface area contributed by atoms with Crippen LogP contribution in [0.15, 0.2) is 35.0 Å². The molecule has 0 bridgehead atoms. The quantitative estimate of drug-likeness (QED) is 0.794. The van der Waals surface area contributed by atoms with E-state index in [0.29, 0.717) is 13.0 Å². The van der Waals surface area contributed by atoms with Crippen LogP contribution in [0.1, 0.15) is 15.9 Å². The van der Waals surface area contributed by atoms with Crippen LogP contribution in [-0.4, -0.2) is 23.7 Å². The molecule has 110 valence electrons. The van der Waals surface area contributed by atoms with Gasteiger partial charge in [-0.15, -0.1) is 0 Å². The summed E-state index contributed by atoms with van der Waals surface area (Å²) in [5.74, 6) is -2.09. The second-order valence-electron chi connectivity index (χ2n) is 4.23. The van der Waals surface area contributed by atoms with Crippen molar-refractivity contribution in [3.63, 3.8) is 0 Å². The number of benzene rings is 1. The summed E-state index contributed by atoms with van der Waals surface area (Å²) in [6, 6.07) is 4.90. The van der Waals surface area contributed by atoms with Gasteiger partial charge in [-0.1, -0.05) is 6.07 Å². The zero-order chi connectivity index (χ0) is 15.2. The maximum absolute atomic E-state index is 13.6. The lowest BCUT2D eigenvalue weighted by molar-refractivity contribution is 0.0697. The molecule has 0 saturated carbocycles. The highest BCUT2D eigenvalue weighted by Crippen LogP contribution is 2.19. The Kier molecular flexibility index (Phi) is 4.89. The van der Waals surface area contributed by atoms with Crippen LogP contribution in [0, 0.1) is 5.82 Å². The van der Waals surface area contributed by atoms with Crippen LogP contribution in [0.2, 0.25) is 0 Å². The summed E-state index contributed by atoms with van der Waals surface area (Å²) in [5.41, 5.74) is 0.471. The van der Waals surface area contributed by atoms with Crippen LogP contribution in [0.3, 0.4) is 0 Å². The van der Waals surface area contributed by atoms with Crippen LogP contribution in [-0.2, 0) is 6.42 Å². The van der Waals surface area contributed by atoms with E-state index < -0.39 is 17.8 Å². The molecule has 0 saturated heterocycles. The summed E-state index contributed by atoms with van der Waals surface area (Å²) in [6.07, 6.45) is 0.653. The zero-order valence-electron chi connectivity index (χ0n) is 10.9. The SMILES string of the molecule is O=C(NCCc1ccsc1)Nc1c(F)cccc1C(=O)O. The number of thiophene rings is 1. The van der Waals surface area contributed by atoms with E-state index in [-0.39, 0.29) is 11.3 Å². The molecule has 7 heteroatoms. The third kappa shape index (κ3) is 4.03. The third-order valence-corrected chi connectivity index (χ3v) is 3.49. The highest BCUT2D eigenvalue weighted by atomic mass is 32.1. The Bertz CT molecular complexity index is 644. The Morgan fingerprint density at radius 3 is 2.76 bits per heavy atom. The number of para-hydroxylation sites is 1. The van der Waals surface area contributed by atoms with E-state index in [1.807, 2.05) is 16.8 Å². The Morgan fingerprint density at radius 2 is 2.10 bits per heavy atom. The fourth-order valence-corrected chi connectivity index (χ4v) is 2.45. The van der Waals surface area contributed by atoms with Crippen molar-refractivity contribution in [2.24, 2.45) is 0 Å². The molecule has 0 fully saturated rings. The number of halogens is 1. The predicted octanol–water partition coefficient (Wildman–Crippen LogP) is 2.95. The lowest BCUT2D eigenvalue weighted by atomic mass is 10.1. The number of hydrogen-bond acceptors (Lipinski definition) is 3. The number of hydrogen-bond donors (Lipinski definition) is 3. The van der Waals surface area contributed by atoms with Crippen molar-refractivity contribution < 1.29 is 19.1 Å². The van der Waals surface area contributed by atoms with Crippen molar-refractivity contribution in [3.05, 3.63) is 52.0 Å². The second-order valence-corrected chi connectivity index (χ2v) is 5.01. The van der Waals surface area contributed by atoms with Crippen molar-refractivity contribution in [2.75, 3.05) is 11.9 Å². The number of anilines is 1. The van der Waals surface area contributed by atoms with Gasteiger partial charge in [-0.2, -0.15) is 11.3 Å². The first-order chi connectivity index (χ1) is 10.1. The summed E-state index contributed by atoms with van der Waals surface area (Å²) in [4.78, 5) is 22.7. The van der Waals surface area contributed by atoms with E-state index in [1.54, 1.807) is 11.3 Å². The minimum atomic E-state index is -1.30. The summed E-state index contributed by atoms with van der Waals surface area (Å²) in [5, 5.41) is 17.7. The normalized spacial score (nSPS) is 10.1. The fraction of sp³-hybridized carbons (Fsp3) is 0.143. The molecule has 2 amide bonds. The smallest absolute Gasteiger partial charge is 0.337 e. The molecule has 0 aliphatic heterocycles. The molecule has 5 nitrogen and oxygen atoms in total. The molecule has 0 atom stereocenters. The van der Waals surface area contributed by atoms with Gasteiger partial charge in [0.2, 0.25) is 0 Å². The predicted molar refractivity (Wildman–Crippen MR) is 78.4 cm³/mol. The number of carbonyl (C=O) groups is 2. The first-order valence-electron chi connectivity index (χ1n) is 6.15. The number of nitrogens with one attached hydrogen (secondary N) is 2. The molecule has 1 aromatic carbocycles. The van der Waals surface area contributed by atoms with E-state index >= 15 is 0 Å². The van der Waals surface area contributed by atoms with Gasteiger partial charge in [0.05, 0.1) is 11.3 Å². The summed E-state index contributed by atoms with van der Waals surface area (Å²) >= 11 is 1.56. The summed E-state index contributed by atoms with van der Waals surface area (Å²) < 4.78 is 13.6. The highest BCUT2D eigenvalue weighted by Gasteiger charge is 2.16. The monoisotopic (exact) mass is 308 g/mol. The first-order valence-corrected chi connectivity index (χ1v) is 7.10. The van der Waals surface area contributed by atoms with Gasteiger partial charge >= 0.3 is 12.0 Å². The van der Waals surface area contributed by atoms with Crippen molar-refractivity contribution in [1.82, 2.24) is 5.32 Å². The van der Waals surface area contributed by atoms with Crippen LogP contribution in [0.25, 0.3) is 0 Å². The number of urea groups is 1. The van der Waals surface area contributed by atoms with E-state index in [9.17, 15) is 14.0 Å². The van der Waals surface area contributed by atoms with Crippen molar-refractivity contribution in [1.29, 1.82) is 0 Å². The maximum atomic E-state index is 13.6. The molecule has 0 aliphatic carbocycles. The molecule has 1 heterocycles. The largest absolute Gasteiger partial charge is 0.478 e. The standard InChI is InChI=1S/C14H13FN2O3S/c15-11-3-1-2-10(13(18)19)12(11)17-14(20)16-6-4-9-5-7-21-8-9/h1-3,5,7-8H,4,6H2,(H,18,19)(H2,16,17,20). The number of carbonyl (C=O) groups excluding carboxylic acids is 1. The Labute approximate surface area is 124 Å². The molecule has 21 heavy (non-hydrogen) atoms. The molecule has 0 unspecified atom stereocenters. The van der Waals surface area contributed by atoms with Gasteiger partial charge in [-0.3, -0.25) is 0 Å². The Hall–Kier alpha value is -2.41. The average Bonchev–Trinajstić information content (AvgIpc) is 2.94. The van der Waals surface area contributed by atoms with Crippen LogP contribution < -0.4 is 10.6 Å². The molecule has 2 rings (SSSR count). The number of aromatic carboxylic acids is 1.